The zero-order valence-electron chi connectivity index (χ0n) is 17.7. The maximum Gasteiger partial charge on any atom is 0.243 e. The first-order valence-corrected chi connectivity index (χ1v) is 12.7. The van der Waals surface area contributed by atoms with Gasteiger partial charge in [0.15, 0.2) is 0 Å². The molecular weight excluding hydrogens is 418 g/mol. The smallest absolute Gasteiger partial charge is 0.243 e. The molecule has 1 fully saturated rings. The SMILES string of the molecule is CSc1ccccc1NC(=O)CN1CCN(S(=O)(=O)c2ccc(C(C)C)cc2)CC1. The number of carbonyl (C=O) groups is 1. The molecule has 0 bridgehead atoms. The average Bonchev–Trinajstić information content (AvgIpc) is 2.74. The molecular formula is C22H29N3O3S2. The topological polar surface area (TPSA) is 69.7 Å². The summed E-state index contributed by atoms with van der Waals surface area (Å²) in [6.07, 6.45) is 1.97. The number of sulfonamides is 1. The Bertz CT molecular complexity index is 967. The lowest BCUT2D eigenvalue weighted by molar-refractivity contribution is -0.117. The van der Waals surface area contributed by atoms with E-state index < -0.39 is 10.0 Å². The fourth-order valence-corrected chi connectivity index (χ4v) is 5.42. The second kappa shape index (κ2) is 9.96. The molecule has 0 aliphatic carbocycles. The lowest BCUT2D eigenvalue weighted by atomic mass is 10.0. The van der Waals surface area contributed by atoms with E-state index in [4.69, 9.17) is 0 Å². The van der Waals surface area contributed by atoms with Crippen molar-refractivity contribution in [1.82, 2.24) is 9.21 Å². The number of hydrogen-bond donors (Lipinski definition) is 1. The van der Waals surface area contributed by atoms with Gasteiger partial charge in [-0.15, -0.1) is 11.8 Å². The molecule has 1 aliphatic heterocycles. The molecule has 0 spiro atoms. The molecule has 0 atom stereocenters. The molecule has 6 nitrogen and oxygen atoms in total. The molecule has 162 valence electrons. The molecule has 1 amide bonds. The van der Waals surface area contributed by atoms with Crippen molar-refractivity contribution < 1.29 is 13.2 Å². The number of benzene rings is 2. The highest BCUT2D eigenvalue weighted by molar-refractivity contribution is 7.98. The molecule has 0 saturated carbocycles. The highest BCUT2D eigenvalue weighted by Gasteiger charge is 2.29. The number of anilines is 1. The first-order valence-electron chi connectivity index (χ1n) is 10.1. The molecule has 0 aromatic heterocycles. The van der Waals surface area contributed by atoms with Crippen LogP contribution in [0.25, 0.3) is 0 Å². The summed E-state index contributed by atoms with van der Waals surface area (Å²) >= 11 is 1.58. The van der Waals surface area contributed by atoms with Crippen molar-refractivity contribution in [1.29, 1.82) is 0 Å². The van der Waals surface area contributed by atoms with Gasteiger partial charge in [0.1, 0.15) is 0 Å². The first kappa shape index (κ1) is 22.8. The molecule has 2 aromatic carbocycles. The summed E-state index contributed by atoms with van der Waals surface area (Å²) in [7, 11) is -3.51. The van der Waals surface area contributed by atoms with Gasteiger partial charge >= 0.3 is 0 Å². The second-order valence-electron chi connectivity index (χ2n) is 7.65. The van der Waals surface area contributed by atoms with Crippen LogP contribution in [0.4, 0.5) is 5.69 Å². The van der Waals surface area contributed by atoms with Crippen LogP contribution in [0.1, 0.15) is 25.3 Å². The van der Waals surface area contributed by atoms with Crippen LogP contribution in [0.5, 0.6) is 0 Å². The quantitative estimate of drug-likeness (QED) is 0.658. The van der Waals surface area contributed by atoms with Gasteiger partial charge in [-0.05, 0) is 42.0 Å². The van der Waals surface area contributed by atoms with Crippen molar-refractivity contribution in [3.8, 4) is 0 Å². The zero-order valence-corrected chi connectivity index (χ0v) is 19.3. The van der Waals surface area contributed by atoms with Gasteiger partial charge in [0.2, 0.25) is 15.9 Å². The predicted octanol–water partition coefficient (Wildman–Crippen LogP) is 3.48. The van der Waals surface area contributed by atoms with E-state index >= 15 is 0 Å². The molecule has 1 aliphatic rings. The van der Waals surface area contributed by atoms with Gasteiger partial charge in [0, 0.05) is 31.1 Å². The molecule has 0 unspecified atom stereocenters. The Morgan fingerprint density at radius 2 is 1.67 bits per heavy atom. The summed E-state index contributed by atoms with van der Waals surface area (Å²) in [6.45, 7) is 6.23. The summed E-state index contributed by atoms with van der Waals surface area (Å²) in [5, 5.41) is 2.96. The molecule has 3 rings (SSSR count). The largest absolute Gasteiger partial charge is 0.324 e. The third-order valence-electron chi connectivity index (χ3n) is 5.26. The fraction of sp³-hybridized carbons (Fsp3) is 0.409. The van der Waals surface area contributed by atoms with Gasteiger partial charge in [-0.2, -0.15) is 4.31 Å². The third-order valence-corrected chi connectivity index (χ3v) is 7.97. The van der Waals surface area contributed by atoms with Crippen LogP contribution < -0.4 is 5.32 Å². The number of hydrogen-bond acceptors (Lipinski definition) is 5. The van der Waals surface area contributed by atoms with Crippen molar-refractivity contribution in [2.24, 2.45) is 0 Å². The minimum atomic E-state index is -3.51. The summed E-state index contributed by atoms with van der Waals surface area (Å²) in [5.74, 6) is 0.274. The Kier molecular flexibility index (Phi) is 7.57. The highest BCUT2D eigenvalue weighted by atomic mass is 32.2. The van der Waals surface area contributed by atoms with Crippen LogP contribution >= 0.6 is 11.8 Å². The van der Waals surface area contributed by atoms with E-state index in [0.29, 0.717) is 37.0 Å². The number of para-hydroxylation sites is 1. The van der Waals surface area contributed by atoms with Crippen LogP contribution in [-0.4, -0.2) is 62.5 Å². The number of carbonyl (C=O) groups excluding carboxylic acids is 1. The molecule has 0 radical (unpaired) electrons. The van der Waals surface area contributed by atoms with Gasteiger partial charge < -0.3 is 5.32 Å². The Morgan fingerprint density at radius 3 is 2.27 bits per heavy atom. The van der Waals surface area contributed by atoms with Crippen molar-refractivity contribution in [2.45, 2.75) is 29.6 Å². The third kappa shape index (κ3) is 5.43. The average molecular weight is 448 g/mol. The minimum Gasteiger partial charge on any atom is -0.324 e. The lowest BCUT2D eigenvalue weighted by Crippen LogP contribution is -2.50. The van der Waals surface area contributed by atoms with Crippen LogP contribution in [0.15, 0.2) is 58.3 Å². The van der Waals surface area contributed by atoms with E-state index in [1.807, 2.05) is 47.6 Å². The Labute approximate surface area is 183 Å². The van der Waals surface area contributed by atoms with Gasteiger partial charge in [0.05, 0.1) is 17.1 Å². The van der Waals surface area contributed by atoms with Crippen molar-refractivity contribution in [2.75, 3.05) is 44.3 Å². The molecule has 1 N–H and O–H groups in total. The minimum absolute atomic E-state index is 0.0860. The summed E-state index contributed by atoms with van der Waals surface area (Å²) < 4.78 is 27.4. The van der Waals surface area contributed by atoms with Crippen molar-refractivity contribution in [3.05, 3.63) is 54.1 Å². The van der Waals surface area contributed by atoms with E-state index in [0.717, 1.165) is 16.1 Å². The van der Waals surface area contributed by atoms with Crippen LogP contribution in [-0.2, 0) is 14.8 Å². The lowest BCUT2D eigenvalue weighted by Gasteiger charge is -2.33. The molecule has 30 heavy (non-hydrogen) atoms. The van der Waals surface area contributed by atoms with Crippen LogP contribution in [0.2, 0.25) is 0 Å². The molecule has 1 heterocycles. The number of thioether (sulfide) groups is 1. The van der Waals surface area contributed by atoms with Crippen LogP contribution in [0.3, 0.4) is 0 Å². The van der Waals surface area contributed by atoms with Crippen LogP contribution in [0, 0.1) is 0 Å². The summed E-state index contributed by atoms with van der Waals surface area (Å²) in [4.78, 5) is 15.8. The fourth-order valence-electron chi connectivity index (χ4n) is 3.44. The number of nitrogens with zero attached hydrogens (tertiary/aromatic N) is 2. The monoisotopic (exact) mass is 447 g/mol. The number of piperazine rings is 1. The van der Waals surface area contributed by atoms with E-state index in [9.17, 15) is 13.2 Å². The van der Waals surface area contributed by atoms with Gasteiger partial charge in [0.25, 0.3) is 0 Å². The maximum absolute atomic E-state index is 12.9. The van der Waals surface area contributed by atoms with Crippen molar-refractivity contribution >= 4 is 33.4 Å². The second-order valence-corrected chi connectivity index (χ2v) is 10.4. The molecule has 2 aromatic rings. The van der Waals surface area contributed by atoms with E-state index in [2.05, 4.69) is 19.2 Å². The van der Waals surface area contributed by atoms with Gasteiger partial charge in [-0.25, -0.2) is 8.42 Å². The summed E-state index contributed by atoms with van der Waals surface area (Å²) in [5.41, 5.74) is 1.92. The Balaban J connectivity index is 1.55. The van der Waals surface area contributed by atoms with E-state index in [1.165, 1.54) is 4.31 Å². The zero-order chi connectivity index (χ0) is 21.7. The summed E-state index contributed by atoms with van der Waals surface area (Å²) in [6, 6.07) is 14.8. The first-order chi connectivity index (χ1) is 14.3. The highest BCUT2D eigenvalue weighted by Crippen LogP contribution is 2.25. The Morgan fingerprint density at radius 1 is 1.03 bits per heavy atom. The Hall–Kier alpha value is -1.87. The van der Waals surface area contributed by atoms with Gasteiger partial charge in [-0.1, -0.05) is 38.1 Å². The number of rotatable bonds is 7. The predicted molar refractivity (Wildman–Crippen MR) is 123 cm³/mol. The van der Waals surface area contributed by atoms with Gasteiger partial charge in [-0.3, -0.25) is 9.69 Å². The standard InChI is InChI=1S/C22H29N3O3S2/c1-17(2)18-8-10-19(11-9-18)30(27,28)25-14-12-24(13-15-25)16-22(26)23-20-6-4-5-7-21(20)29-3/h4-11,17H,12-16H2,1-3H3,(H,23,26). The van der Waals surface area contributed by atoms with Crippen molar-refractivity contribution in [3.63, 3.8) is 0 Å². The number of amides is 1. The molecule has 8 heteroatoms. The number of nitrogens with one attached hydrogen (secondary N) is 1. The maximum atomic E-state index is 12.9. The molecule has 1 saturated heterocycles. The normalized spacial score (nSPS) is 16.0. The van der Waals surface area contributed by atoms with E-state index in [-0.39, 0.29) is 12.5 Å². The van der Waals surface area contributed by atoms with E-state index in [1.54, 1.807) is 23.9 Å².